The number of benzene rings is 2. The van der Waals surface area contributed by atoms with Crippen LogP contribution in [0.15, 0.2) is 65.6 Å². The van der Waals surface area contributed by atoms with E-state index in [1.54, 1.807) is 0 Å². The van der Waals surface area contributed by atoms with Crippen LogP contribution in [-0.4, -0.2) is 54.8 Å². The summed E-state index contributed by atoms with van der Waals surface area (Å²) in [4.78, 5) is 39.3. The number of ketones is 1. The number of hydrogen-bond acceptors (Lipinski definition) is 9. The van der Waals surface area contributed by atoms with Crippen molar-refractivity contribution in [2.45, 2.75) is 75.0 Å². The fourth-order valence-corrected chi connectivity index (χ4v) is 6.64. The van der Waals surface area contributed by atoms with Gasteiger partial charge in [0.25, 0.3) is 17.7 Å². The van der Waals surface area contributed by atoms with Crippen molar-refractivity contribution in [3.63, 3.8) is 0 Å². The lowest BCUT2D eigenvalue weighted by Crippen LogP contribution is -2.38. The number of rotatable bonds is 12. The number of amides is 1. The van der Waals surface area contributed by atoms with Gasteiger partial charge in [0, 0.05) is 48.5 Å². The first-order chi connectivity index (χ1) is 26.3. The van der Waals surface area contributed by atoms with Gasteiger partial charge < -0.3 is 9.73 Å². The lowest BCUT2D eigenvalue weighted by Gasteiger charge is -2.42. The molecule has 7 rings (SSSR count). The number of aromatic nitrogens is 6. The molecule has 2 fully saturated rings. The molecule has 2 aliphatic rings. The quantitative estimate of drug-likeness (QED) is 0.102. The zero-order chi connectivity index (χ0) is 39.3. The van der Waals surface area contributed by atoms with E-state index in [-0.39, 0.29) is 23.4 Å². The molecule has 18 heteroatoms. The highest BCUT2D eigenvalue weighted by Gasteiger charge is 2.43. The Kier molecular flexibility index (Phi) is 11.6. The van der Waals surface area contributed by atoms with E-state index in [0.29, 0.717) is 54.9 Å². The van der Waals surface area contributed by atoms with E-state index >= 15 is 0 Å². The van der Waals surface area contributed by atoms with Crippen molar-refractivity contribution >= 4 is 11.7 Å². The maximum absolute atomic E-state index is 14.2. The van der Waals surface area contributed by atoms with E-state index in [9.17, 15) is 44.7 Å². The predicted octanol–water partition coefficient (Wildman–Crippen LogP) is 7.39. The average Bonchev–Trinajstić information content (AvgIpc) is 3.64. The lowest BCUT2D eigenvalue weighted by atomic mass is 9.62. The van der Waals surface area contributed by atoms with Gasteiger partial charge >= 0.3 is 12.9 Å². The van der Waals surface area contributed by atoms with Gasteiger partial charge in [-0.3, -0.25) is 9.59 Å². The number of nitrogens with one attached hydrogen (secondary N) is 1. The molecule has 0 bridgehead atoms. The van der Waals surface area contributed by atoms with Crippen LogP contribution in [0.1, 0.15) is 84.0 Å². The molecule has 0 unspecified atom stereocenters. The van der Waals surface area contributed by atoms with Crippen molar-refractivity contribution in [2.75, 3.05) is 6.54 Å². The molecule has 10 nitrogen and oxygen atoms in total. The summed E-state index contributed by atoms with van der Waals surface area (Å²) in [6, 6.07) is 6.81. The van der Waals surface area contributed by atoms with Crippen LogP contribution < -0.4 is 5.32 Å². The Morgan fingerprint density at radius 2 is 1.20 bits per heavy atom. The molecule has 288 valence electrons. The van der Waals surface area contributed by atoms with Crippen molar-refractivity contribution in [3.8, 4) is 11.5 Å². The number of Topliss-reactive ketones (excluding diaryl/α,β-unsaturated/α-hetero) is 1. The molecule has 1 amide bonds. The minimum atomic E-state index is -3.20. The Labute approximate surface area is 307 Å². The molecule has 2 aromatic carbocycles. The van der Waals surface area contributed by atoms with E-state index < -0.39 is 71.1 Å². The summed E-state index contributed by atoms with van der Waals surface area (Å²) in [5.41, 5.74) is -0.156. The third-order valence-electron chi connectivity index (χ3n) is 9.84. The van der Waals surface area contributed by atoms with Crippen LogP contribution in [0.5, 0.6) is 0 Å². The largest absolute Gasteiger partial charge is 0.415 e. The Hall–Kier alpha value is -5.68. The number of alkyl halides is 4. The first-order valence-corrected chi connectivity index (χ1v) is 17.0. The summed E-state index contributed by atoms with van der Waals surface area (Å²) in [5, 5.41) is 8.61. The van der Waals surface area contributed by atoms with Crippen LogP contribution in [0.25, 0.3) is 11.5 Å². The zero-order valence-electron chi connectivity index (χ0n) is 28.7. The number of halogens is 8. The number of carbonyl (C=O) groups excluding carboxylic acids is 2. The van der Waals surface area contributed by atoms with Crippen LogP contribution in [0, 0.1) is 23.3 Å². The normalized spacial score (nSPS) is 15.5. The predicted molar refractivity (Wildman–Crippen MR) is 177 cm³/mol. The molecular formula is C37H31F8N7O3. The van der Waals surface area contributed by atoms with Gasteiger partial charge in [-0.25, -0.2) is 37.5 Å². The fourth-order valence-electron chi connectivity index (χ4n) is 6.64. The average molecular weight is 774 g/mol. The zero-order valence-corrected chi connectivity index (χ0v) is 28.7. The van der Waals surface area contributed by atoms with Crippen molar-refractivity contribution in [3.05, 3.63) is 119 Å². The molecule has 0 atom stereocenters. The molecule has 2 saturated carbocycles. The molecule has 1 N–H and O–H groups in total. The van der Waals surface area contributed by atoms with Crippen LogP contribution >= 0.6 is 0 Å². The maximum atomic E-state index is 14.2. The maximum Gasteiger partial charge on any atom is 0.315 e. The van der Waals surface area contributed by atoms with E-state index in [4.69, 9.17) is 4.42 Å². The summed E-state index contributed by atoms with van der Waals surface area (Å²) in [5.74, 6) is -4.16. The topological polar surface area (TPSA) is 137 Å². The van der Waals surface area contributed by atoms with Crippen LogP contribution in [-0.2, 0) is 28.5 Å². The Balaban J connectivity index is 0.000000187. The Morgan fingerprint density at radius 3 is 1.62 bits per heavy atom. The highest BCUT2D eigenvalue weighted by Crippen LogP contribution is 2.48. The SMILES string of the molecule is Fc1ccc(F)c(C2(Cc3ncc(-c4nnc(C(F)F)o4)cn3)CCC2)c1.O=C(CNC(=O)C(F)F)c1cnc(CC2(c3cc(F)ccc3F)CCC2)nc1. The number of nitrogens with zero attached hydrogens (tertiary/aromatic N) is 6. The van der Waals surface area contributed by atoms with Crippen molar-refractivity contribution in [1.82, 2.24) is 35.5 Å². The van der Waals surface area contributed by atoms with E-state index in [0.717, 1.165) is 37.1 Å². The second kappa shape index (κ2) is 16.4. The van der Waals surface area contributed by atoms with Gasteiger partial charge in [0.1, 0.15) is 34.9 Å². The highest BCUT2D eigenvalue weighted by atomic mass is 19.3. The summed E-state index contributed by atoms with van der Waals surface area (Å²) in [6.07, 6.45) is 4.33. The summed E-state index contributed by atoms with van der Waals surface area (Å²) >= 11 is 0. The molecule has 55 heavy (non-hydrogen) atoms. The van der Waals surface area contributed by atoms with E-state index in [1.807, 2.05) is 5.32 Å². The van der Waals surface area contributed by atoms with Gasteiger partial charge in [-0.05, 0) is 73.2 Å². The van der Waals surface area contributed by atoms with Crippen LogP contribution in [0.4, 0.5) is 35.1 Å². The Morgan fingerprint density at radius 1 is 0.709 bits per heavy atom. The van der Waals surface area contributed by atoms with Gasteiger partial charge in [-0.15, -0.1) is 10.2 Å². The molecule has 3 heterocycles. The Bertz CT molecular complexity index is 2140. The monoisotopic (exact) mass is 773 g/mol. The van der Waals surface area contributed by atoms with Crippen molar-refractivity contribution in [1.29, 1.82) is 0 Å². The fraction of sp³-hybridized carbons (Fsp3) is 0.351. The highest BCUT2D eigenvalue weighted by molar-refractivity contribution is 5.99. The smallest absolute Gasteiger partial charge is 0.315 e. The van der Waals surface area contributed by atoms with Gasteiger partial charge in [0.2, 0.25) is 0 Å². The molecule has 2 aliphatic carbocycles. The summed E-state index contributed by atoms with van der Waals surface area (Å²) in [6.45, 7) is -0.593. The minimum absolute atomic E-state index is 0.0536. The third-order valence-corrected chi connectivity index (χ3v) is 9.84. The van der Waals surface area contributed by atoms with Crippen molar-refractivity contribution in [2.24, 2.45) is 0 Å². The number of carbonyl (C=O) groups is 2. The van der Waals surface area contributed by atoms with Gasteiger partial charge in [-0.1, -0.05) is 12.8 Å². The first kappa shape index (κ1) is 39.0. The molecule has 0 spiro atoms. The second-order valence-electron chi connectivity index (χ2n) is 13.3. The van der Waals surface area contributed by atoms with Crippen molar-refractivity contribution < 1.29 is 49.1 Å². The van der Waals surface area contributed by atoms with Crippen LogP contribution in [0.3, 0.4) is 0 Å². The van der Waals surface area contributed by atoms with Gasteiger partial charge in [0.05, 0.1) is 17.7 Å². The minimum Gasteiger partial charge on any atom is -0.415 e. The molecule has 0 saturated heterocycles. The molecule has 0 aliphatic heterocycles. The second-order valence-corrected chi connectivity index (χ2v) is 13.3. The van der Waals surface area contributed by atoms with Gasteiger partial charge in [-0.2, -0.15) is 17.6 Å². The first-order valence-electron chi connectivity index (χ1n) is 17.0. The molecule has 3 aromatic heterocycles. The van der Waals surface area contributed by atoms with E-state index in [1.165, 1.54) is 36.9 Å². The van der Waals surface area contributed by atoms with E-state index in [2.05, 4.69) is 30.1 Å². The standard InChI is InChI=1S/C19H17F4N3O2.C18H14F4N4O/c20-12-2-3-14(21)13(6-12)19(4-1-5-19)7-16-24-8-11(9-25-16)15(27)10-26-18(28)17(22)23;19-11-2-3-13(20)12(6-11)18(4-1-5-18)7-14-23-8-10(9-24-14)16-25-26-17(27-16)15(21)22/h2-3,6,8-9,17H,1,4-5,7,10H2,(H,26,28);2-3,6,8-9,15H,1,4-5,7H2. The van der Waals surface area contributed by atoms with Gasteiger partial charge in [0.15, 0.2) is 5.78 Å². The molecule has 5 aromatic rings. The lowest BCUT2D eigenvalue weighted by molar-refractivity contribution is -0.131. The van der Waals surface area contributed by atoms with Crippen LogP contribution in [0.2, 0.25) is 0 Å². The summed E-state index contributed by atoms with van der Waals surface area (Å²) < 4.78 is 110. The third kappa shape index (κ3) is 8.84. The molecule has 0 radical (unpaired) electrons. The number of hydrogen-bond donors (Lipinski definition) is 1. The molecular weight excluding hydrogens is 742 g/mol. The summed E-state index contributed by atoms with van der Waals surface area (Å²) in [7, 11) is 0.